The fourth-order valence-corrected chi connectivity index (χ4v) is 1.79. The van der Waals surface area contributed by atoms with Crippen molar-refractivity contribution < 1.29 is 8.78 Å². The number of hydrogen-bond acceptors (Lipinski definition) is 2. The molecular weight excluding hydrogens is 280 g/mol. The van der Waals surface area contributed by atoms with Gasteiger partial charge in [-0.05, 0) is 28.1 Å². The van der Waals surface area contributed by atoms with Crippen LogP contribution in [0.15, 0.2) is 35.1 Å². The number of aromatic nitrogens is 3. The minimum Gasteiger partial charge on any atom is -0.265 e. The summed E-state index contributed by atoms with van der Waals surface area (Å²) in [5.74, 6) is 0. The van der Waals surface area contributed by atoms with Crippen LogP contribution in [0.5, 0.6) is 0 Å². The number of alkyl halides is 2. The molecule has 0 aliphatic heterocycles. The van der Waals surface area contributed by atoms with Crippen LogP contribution in [0.3, 0.4) is 0 Å². The second-order valence-electron chi connectivity index (χ2n) is 3.18. The minimum atomic E-state index is -2.57. The molecule has 0 unspecified atom stereocenters. The lowest BCUT2D eigenvalue weighted by molar-refractivity contribution is 0.144. The van der Waals surface area contributed by atoms with Gasteiger partial charge in [-0.25, -0.2) is 8.78 Å². The standard InChI is InChI=1S/C10H8BrF2N3/c11-8-6-16(15-9(8)10(12)13)5-7-3-1-2-4-14-7/h1-4,6,10H,5H2. The van der Waals surface area contributed by atoms with Crippen molar-refractivity contribution in [1.29, 1.82) is 0 Å². The normalized spacial score (nSPS) is 11.0. The van der Waals surface area contributed by atoms with Crippen LogP contribution in [-0.2, 0) is 6.54 Å². The highest BCUT2D eigenvalue weighted by Crippen LogP contribution is 2.25. The van der Waals surface area contributed by atoms with Crippen LogP contribution in [0.25, 0.3) is 0 Å². The minimum absolute atomic E-state index is 0.240. The maximum atomic E-state index is 12.5. The van der Waals surface area contributed by atoms with E-state index in [0.717, 1.165) is 5.69 Å². The first-order valence-corrected chi connectivity index (χ1v) is 5.37. The molecule has 84 valence electrons. The third-order valence-corrected chi connectivity index (χ3v) is 2.61. The molecule has 0 aromatic carbocycles. The Balaban J connectivity index is 2.20. The fraction of sp³-hybridized carbons (Fsp3) is 0.200. The number of rotatable bonds is 3. The molecule has 2 aromatic heterocycles. The summed E-state index contributed by atoms with van der Waals surface area (Å²) in [5, 5.41) is 3.78. The van der Waals surface area contributed by atoms with Gasteiger partial charge in [-0.15, -0.1) is 0 Å². The Kier molecular flexibility index (Phi) is 3.28. The highest BCUT2D eigenvalue weighted by Gasteiger charge is 2.16. The van der Waals surface area contributed by atoms with Crippen LogP contribution < -0.4 is 0 Å². The fourth-order valence-electron chi connectivity index (χ4n) is 1.30. The zero-order valence-electron chi connectivity index (χ0n) is 8.15. The molecule has 2 heterocycles. The maximum Gasteiger partial charge on any atom is 0.283 e. The highest BCUT2D eigenvalue weighted by molar-refractivity contribution is 9.10. The van der Waals surface area contributed by atoms with Crippen molar-refractivity contribution in [3.63, 3.8) is 0 Å². The van der Waals surface area contributed by atoms with Crippen LogP contribution in [0.1, 0.15) is 17.8 Å². The molecule has 6 heteroatoms. The molecule has 2 rings (SSSR count). The molecule has 0 bridgehead atoms. The Morgan fingerprint density at radius 1 is 1.38 bits per heavy atom. The van der Waals surface area contributed by atoms with Crippen molar-refractivity contribution in [2.45, 2.75) is 13.0 Å². The average molecular weight is 288 g/mol. The number of halogens is 3. The van der Waals surface area contributed by atoms with Gasteiger partial charge in [-0.2, -0.15) is 5.10 Å². The van der Waals surface area contributed by atoms with Crippen LogP contribution in [0.2, 0.25) is 0 Å². The maximum absolute atomic E-state index is 12.5. The summed E-state index contributed by atoms with van der Waals surface area (Å²) in [6.45, 7) is 0.381. The second-order valence-corrected chi connectivity index (χ2v) is 4.04. The van der Waals surface area contributed by atoms with Gasteiger partial charge in [0.2, 0.25) is 0 Å². The first-order valence-electron chi connectivity index (χ1n) is 4.57. The summed E-state index contributed by atoms with van der Waals surface area (Å²) < 4.78 is 26.7. The van der Waals surface area contributed by atoms with Gasteiger partial charge >= 0.3 is 0 Å². The van der Waals surface area contributed by atoms with E-state index in [1.165, 1.54) is 10.9 Å². The molecule has 0 atom stereocenters. The van der Waals surface area contributed by atoms with Crippen LogP contribution in [0, 0.1) is 0 Å². The summed E-state index contributed by atoms with van der Waals surface area (Å²) >= 11 is 3.05. The molecule has 16 heavy (non-hydrogen) atoms. The van der Waals surface area contributed by atoms with Gasteiger partial charge in [0.25, 0.3) is 6.43 Å². The van der Waals surface area contributed by atoms with E-state index in [1.54, 1.807) is 12.3 Å². The molecular formula is C10H8BrF2N3. The van der Waals surface area contributed by atoms with Crippen molar-refractivity contribution in [1.82, 2.24) is 14.8 Å². The van der Waals surface area contributed by atoms with Gasteiger partial charge in [0.1, 0.15) is 5.69 Å². The van der Waals surface area contributed by atoms with Crippen molar-refractivity contribution in [3.8, 4) is 0 Å². The van der Waals surface area contributed by atoms with E-state index in [2.05, 4.69) is 26.0 Å². The smallest absolute Gasteiger partial charge is 0.265 e. The third kappa shape index (κ3) is 2.44. The number of pyridine rings is 1. The zero-order valence-corrected chi connectivity index (χ0v) is 9.73. The summed E-state index contributed by atoms with van der Waals surface area (Å²) in [7, 11) is 0. The Morgan fingerprint density at radius 3 is 2.75 bits per heavy atom. The molecule has 2 aromatic rings. The predicted molar refractivity (Wildman–Crippen MR) is 58.2 cm³/mol. The first-order chi connectivity index (χ1) is 7.66. The van der Waals surface area contributed by atoms with E-state index in [-0.39, 0.29) is 5.69 Å². The Hall–Kier alpha value is -1.30. The van der Waals surface area contributed by atoms with Crippen LogP contribution >= 0.6 is 15.9 Å². The molecule has 0 radical (unpaired) electrons. The van der Waals surface area contributed by atoms with Gasteiger partial charge in [0, 0.05) is 12.4 Å². The summed E-state index contributed by atoms with van der Waals surface area (Å²) in [6.07, 6.45) is 0.609. The molecule has 0 N–H and O–H groups in total. The van der Waals surface area contributed by atoms with Gasteiger partial charge in [-0.1, -0.05) is 6.07 Å². The predicted octanol–water partition coefficient (Wildman–Crippen LogP) is 3.03. The lowest BCUT2D eigenvalue weighted by Crippen LogP contribution is -2.02. The molecule has 0 amide bonds. The highest BCUT2D eigenvalue weighted by atomic mass is 79.9. The topological polar surface area (TPSA) is 30.7 Å². The number of hydrogen-bond donors (Lipinski definition) is 0. The largest absolute Gasteiger partial charge is 0.283 e. The Labute approximate surface area is 99.2 Å². The molecule has 0 spiro atoms. The SMILES string of the molecule is FC(F)c1nn(Cc2ccccn2)cc1Br. The van der Waals surface area contributed by atoms with E-state index >= 15 is 0 Å². The van der Waals surface area contributed by atoms with Gasteiger partial charge in [0.15, 0.2) is 0 Å². The summed E-state index contributed by atoms with van der Waals surface area (Å²) in [6, 6.07) is 5.46. The van der Waals surface area contributed by atoms with E-state index in [1.807, 2.05) is 12.1 Å². The lowest BCUT2D eigenvalue weighted by Gasteiger charge is -1.99. The quantitative estimate of drug-likeness (QED) is 0.869. The second kappa shape index (κ2) is 4.69. The first kappa shape index (κ1) is 11.2. The molecule has 0 saturated heterocycles. The van der Waals surface area contributed by atoms with Crippen molar-refractivity contribution in [2.24, 2.45) is 0 Å². The van der Waals surface area contributed by atoms with Gasteiger partial charge in [0.05, 0.1) is 16.7 Å². The lowest BCUT2D eigenvalue weighted by atomic mass is 10.3. The Morgan fingerprint density at radius 2 is 2.19 bits per heavy atom. The Bertz CT molecular complexity index is 470. The van der Waals surface area contributed by atoms with Crippen molar-refractivity contribution >= 4 is 15.9 Å². The summed E-state index contributed by atoms with van der Waals surface area (Å²) in [4.78, 5) is 4.09. The zero-order chi connectivity index (χ0) is 11.5. The van der Waals surface area contributed by atoms with Crippen molar-refractivity contribution in [2.75, 3.05) is 0 Å². The molecule has 0 fully saturated rings. The molecule has 3 nitrogen and oxygen atoms in total. The van der Waals surface area contributed by atoms with E-state index in [9.17, 15) is 8.78 Å². The van der Waals surface area contributed by atoms with E-state index < -0.39 is 6.43 Å². The monoisotopic (exact) mass is 287 g/mol. The van der Waals surface area contributed by atoms with Gasteiger partial charge < -0.3 is 0 Å². The van der Waals surface area contributed by atoms with Crippen molar-refractivity contribution in [3.05, 3.63) is 46.5 Å². The van der Waals surface area contributed by atoms with Gasteiger partial charge in [-0.3, -0.25) is 9.67 Å². The molecule has 0 aliphatic rings. The molecule has 0 aliphatic carbocycles. The van der Waals surface area contributed by atoms with E-state index in [4.69, 9.17) is 0 Å². The number of nitrogens with zero attached hydrogens (tertiary/aromatic N) is 3. The van der Waals surface area contributed by atoms with E-state index in [0.29, 0.717) is 11.0 Å². The molecule has 0 saturated carbocycles. The average Bonchev–Trinajstić information content (AvgIpc) is 2.61. The third-order valence-electron chi connectivity index (χ3n) is 2.00. The van der Waals surface area contributed by atoms with Crippen LogP contribution in [-0.4, -0.2) is 14.8 Å². The summed E-state index contributed by atoms with van der Waals surface area (Å²) in [5.41, 5.74) is 0.536. The van der Waals surface area contributed by atoms with Crippen LogP contribution in [0.4, 0.5) is 8.78 Å².